The van der Waals surface area contributed by atoms with Gasteiger partial charge in [0.2, 0.25) is 5.89 Å². The van der Waals surface area contributed by atoms with E-state index in [0.29, 0.717) is 5.56 Å². The van der Waals surface area contributed by atoms with E-state index in [1.807, 2.05) is 30.3 Å². The van der Waals surface area contributed by atoms with E-state index in [4.69, 9.17) is 9.15 Å². The summed E-state index contributed by atoms with van der Waals surface area (Å²) < 4.78 is 23.8. The minimum Gasteiger partial charge on any atom is -0.452 e. The highest BCUT2D eigenvalue weighted by Gasteiger charge is 2.19. The highest BCUT2D eigenvalue weighted by Crippen LogP contribution is 2.23. The molecule has 0 aliphatic heterocycles. The number of thioether (sulfide) groups is 1. The molecule has 0 saturated heterocycles. The number of carbonyl (C=O) groups is 1. The van der Waals surface area contributed by atoms with Crippen molar-refractivity contribution < 1.29 is 18.3 Å². The lowest BCUT2D eigenvalue weighted by molar-refractivity contribution is -0.146. The van der Waals surface area contributed by atoms with Gasteiger partial charge in [0.25, 0.3) is 5.89 Å². The van der Waals surface area contributed by atoms with Crippen molar-refractivity contribution in [1.29, 1.82) is 0 Å². The minimum atomic E-state index is -0.662. The van der Waals surface area contributed by atoms with E-state index in [0.717, 1.165) is 4.90 Å². The lowest BCUT2D eigenvalue weighted by atomic mass is 10.2. The number of rotatable bonds is 6. The second-order valence-electron chi connectivity index (χ2n) is 5.19. The van der Waals surface area contributed by atoms with Gasteiger partial charge in [0.05, 0.1) is 5.75 Å². The molecule has 0 aliphatic carbocycles. The predicted molar refractivity (Wildman–Crippen MR) is 91.4 cm³/mol. The molecule has 0 N–H and O–H groups in total. The van der Waals surface area contributed by atoms with E-state index in [2.05, 4.69) is 10.2 Å². The van der Waals surface area contributed by atoms with Gasteiger partial charge in [0, 0.05) is 10.5 Å². The Morgan fingerprint density at radius 3 is 2.60 bits per heavy atom. The Hall–Kier alpha value is -2.67. The van der Waals surface area contributed by atoms with Crippen LogP contribution >= 0.6 is 11.8 Å². The van der Waals surface area contributed by atoms with Gasteiger partial charge in [0.1, 0.15) is 5.82 Å². The van der Waals surface area contributed by atoms with Crippen LogP contribution in [0.25, 0.3) is 11.5 Å². The average Bonchev–Trinajstić information content (AvgIpc) is 3.12. The molecular formula is C18H15FN2O3S. The van der Waals surface area contributed by atoms with Crippen LogP contribution in [0.2, 0.25) is 0 Å². The first kappa shape index (κ1) is 17.2. The normalized spacial score (nSPS) is 11.9. The van der Waals surface area contributed by atoms with Crippen LogP contribution < -0.4 is 0 Å². The van der Waals surface area contributed by atoms with Crippen LogP contribution in [0.4, 0.5) is 4.39 Å². The van der Waals surface area contributed by atoms with Gasteiger partial charge in [-0.1, -0.05) is 18.2 Å². The van der Waals surface area contributed by atoms with Gasteiger partial charge in [0.15, 0.2) is 6.10 Å². The van der Waals surface area contributed by atoms with Crippen LogP contribution in [-0.2, 0) is 9.53 Å². The smallest absolute Gasteiger partial charge is 0.317 e. The lowest BCUT2D eigenvalue weighted by Crippen LogP contribution is -2.11. The van der Waals surface area contributed by atoms with E-state index in [9.17, 15) is 9.18 Å². The number of aromatic nitrogens is 2. The molecule has 2 aromatic carbocycles. The molecule has 128 valence electrons. The van der Waals surface area contributed by atoms with Crippen LogP contribution in [-0.4, -0.2) is 21.9 Å². The van der Waals surface area contributed by atoms with Gasteiger partial charge in [-0.05, 0) is 43.3 Å². The van der Waals surface area contributed by atoms with Crippen molar-refractivity contribution in [2.24, 2.45) is 0 Å². The molecule has 1 atom stereocenters. The molecule has 5 nitrogen and oxygen atoms in total. The summed E-state index contributed by atoms with van der Waals surface area (Å²) in [4.78, 5) is 12.9. The van der Waals surface area contributed by atoms with Crippen LogP contribution in [0.3, 0.4) is 0 Å². The predicted octanol–water partition coefficient (Wildman–Crippen LogP) is 4.27. The lowest BCUT2D eigenvalue weighted by Gasteiger charge is -2.09. The van der Waals surface area contributed by atoms with Crippen LogP contribution in [0.1, 0.15) is 18.9 Å². The maximum absolute atomic E-state index is 12.9. The van der Waals surface area contributed by atoms with Crippen molar-refractivity contribution in [3.8, 4) is 11.5 Å². The summed E-state index contributed by atoms with van der Waals surface area (Å²) in [6, 6.07) is 15.3. The molecule has 0 fully saturated rings. The van der Waals surface area contributed by atoms with Crippen molar-refractivity contribution in [3.05, 3.63) is 66.3 Å². The summed E-state index contributed by atoms with van der Waals surface area (Å²) in [5, 5.41) is 7.79. The van der Waals surface area contributed by atoms with Gasteiger partial charge in [-0.2, -0.15) is 0 Å². The monoisotopic (exact) mass is 358 g/mol. The van der Waals surface area contributed by atoms with E-state index in [1.54, 1.807) is 19.1 Å². The van der Waals surface area contributed by atoms with Crippen LogP contribution in [0.15, 0.2) is 63.9 Å². The number of carbonyl (C=O) groups excluding carboxylic acids is 1. The Bertz CT molecular complexity index is 837. The fraction of sp³-hybridized carbons (Fsp3) is 0.167. The third-order valence-electron chi connectivity index (χ3n) is 3.29. The molecule has 0 spiro atoms. The molecule has 0 aliphatic rings. The minimum absolute atomic E-state index is 0.188. The molecule has 3 aromatic rings. The Labute approximate surface area is 148 Å². The van der Waals surface area contributed by atoms with Crippen LogP contribution in [0, 0.1) is 5.82 Å². The molecular weight excluding hydrogens is 343 g/mol. The van der Waals surface area contributed by atoms with E-state index in [1.165, 1.54) is 23.9 Å². The zero-order valence-corrected chi connectivity index (χ0v) is 14.2. The fourth-order valence-electron chi connectivity index (χ4n) is 2.05. The Kier molecular flexibility index (Phi) is 5.45. The number of hydrogen-bond donors (Lipinski definition) is 0. The third-order valence-corrected chi connectivity index (χ3v) is 4.27. The highest BCUT2D eigenvalue weighted by molar-refractivity contribution is 8.00. The molecule has 3 rings (SSSR count). The topological polar surface area (TPSA) is 65.2 Å². The fourth-order valence-corrected chi connectivity index (χ4v) is 2.75. The van der Waals surface area contributed by atoms with Crippen molar-refractivity contribution in [3.63, 3.8) is 0 Å². The van der Waals surface area contributed by atoms with Gasteiger partial charge in [-0.3, -0.25) is 4.79 Å². The molecule has 1 aromatic heterocycles. The SMILES string of the molecule is C[C@@H](OC(=O)CSc1ccccc1)c1nnc(-c2ccc(F)cc2)o1. The molecule has 7 heteroatoms. The first-order chi connectivity index (χ1) is 12.1. The van der Waals surface area contributed by atoms with Crippen molar-refractivity contribution in [2.45, 2.75) is 17.9 Å². The summed E-state index contributed by atoms with van der Waals surface area (Å²) in [6.07, 6.45) is -0.662. The summed E-state index contributed by atoms with van der Waals surface area (Å²) >= 11 is 1.39. The zero-order valence-electron chi connectivity index (χ0n) is 13.4. The van der Waals surface area contributed by atoms with Crippen molar-refractivity contribution >= 4 is 17.7 Å². The number of nitrogens with zero attached hydrogens (tertiary/aromatic N) is 2. The van der Waals surface area contributed by atoms with Crippen molar-refractivity contribution in [1.82, 2.24) is 10.2 Å². The van der Waals surface area contributed by atoms with Crippen LogP contribution in [0.5, 0.6) is 0 Å². The number of halogens is 1. The zero-order chi connectivity index (χ0) is 17.6. The largest absolute Gasteiger partial charge is 0.452 e. The molecule has 0 bridgehead atoms. The summed E-state index contributed by atoms with van der Waals surface area (Å²) in [5.41, 5.74) is 0.596. The Morgan fingerprint density at radius 2 is 1.88 bits per heavy atom. The van der Waals surface area contributed by atoms with Gasteiger partial charge >= 0.3 is 5.97 Å². The highest BCUT2D eigenvalue weighted by atomic mass is 32.2. The second kappa shape index (κ2) is 7.94. The summed E-state index contributed by atoms with van der Waals surface area (Å²) in [7, 11) is 0. The molecule has 0 amide bonds. The van der Waals surface area contributed by atoms with E-state index in [-0.39, 0.29) is 29.3 Å². The van der Waals surface area contributed by atoms with Gasteiger partial charge < -0.3 is 9.15 Å². The molecule has 0 saturated carbocycles. The van der Waals surface area contributed by atoms with E-state index < -0.39 is 6.10 Å². The van der Waals surface area contributed by atoms with E-state index >= 15 is 0 Å². The second-order valence-corrected chi connectivity index (χ2v) is 6.23. The molecule has 1 heterocycles. The molecule has 25 heavy (non-hydrogen) atoms. The number of hydrogen-bond acceptors (Lipinski definition) is 6. The Morgan fingerprint density at radius 1 is 1.16 bits per heavy atom. The van der Waals surface area contributed by atoms with Gasteiger partial charge in [-0.25, -0.2) is 4.39 Å². The molecule has 0 unspecified atom stereocenters. The third kappa shape index (κ3) is 4.67. The molecule has 0 radical (unpaired) electrons. The first-order valence-corrected chi connectivity index (χ1v) is 8.57. The van der Waals surface area contributed by atoms with Gasteiger partial charge in [-0.15, -0.1) is 22.0 Å². The Balaban J connectivity index is 1.57. The summed E-state index contributed by atoms with van der Waals surface area (Å²) in [5.74, 6) is -0.0913. The maximum atomic E-state index is 12.9. The number of ether oxygens (including phenoxy) is 1. The number of esters is 1. The first-order valence-electron chi connectivity index (χ1n) is 7.58. The standard InChI is InChI=1S/C18H15FN2O3S/c1-12(23-16(22)11-25-15-5-3-2-4-6-15)17-20-21-18(24-17)13-7-9-14(19)10-8-13/h2-10,12H,11H2,1H3/t12-/m1/s1. The number of benzene rings is 2. The quantitative estimate of drug-likeness (QED) is 0.484. The van der Waals surface area contributed by atoms with Crippen molar-refractivity contribution in [2.75, 3.05) is 5.75 Å². The average molecular weight is 358 g/mol. The summed E-state index contributed by atoms with van der Waals surface area (Å²) in [6.45, 7) is 1.66. The maximum Gasteiger partial charge on any atom is 0.317 e.